The van der Waals surface area contributed by atoms with Gasteiger partial charge in [0.1, 0.15) is 0 Å². The molecule has 0 fully saturated rings. The van der Waals surface area contributed by atoms with Crippen molar-refractivity contribution in [2.45, 2.75) is 0 Å². The standard InChI is InChI=1S/C14H9BrN2/c15-11-4-1-3-10(9-11)12-6-7-13-14(17-12)5-2-8-16-13/h1-9H. The first-order valence-electron chi connectivity index (χ1n) is 5.31. The predicted molar refractivity (Wildman–Crippen MR) is 72.7 cm³/mol. The maximum absolute atomic E-state index is 4.60. The first-order valence-corrected chi connectivity index (χ1v) is 6.10. The molecule has 2 aromatic heterocycles. The second-order valence-corrected chi connectivity index (χ2v) is 4.66. The molecule has 82 valence electrons. The van der Waals surface area contributed by atoms with Gasteiger partial charge in [0.2, 0.25) is 0 Å². The van der Waals surface area contributed by atoms with Crippen LogP contribution in [0.2, 0.25) is 0 Å². The Morgan fingerprint density at radius 1 is 0.882 bits per heavy atom. The molecule has 0 aliphatic rings. The predicted octanol–water partition coefficient (Wildman–Crippen LogP) is 4.06. The fraction of sp³-hybridized carbons (Fsp3) is 0. The van der Waals surface area contributed by atoms with Crippen molar-refractivity contribution in [1.82, 2.24) is 9.97 Å². The Morgan fingerprint density at radius 3 is 2.71 bits per heavy atom. The van der Waals surface area contributed by atoms with E-state index >= 15 is 0 Å². The number of pyridine rings is 2. The van der Waals surface area contributed by atoms with E-state index in [9.17, 15) is 0 Å². The van der Waals surface area contributed by atoms with E-state index in [2.05, 4.69) is 38.0 Å². The van der Waals surface area contributed by atoms with E-state index in [-0.39, 0.29) is 0 Å². The Hall–Kier alpha value is -1.74. The SMILES string of the molecule is Brc1cccc(-c2ccc3ncccc3n2)c1. The fourth-order valence-corrected chi connectivity index (χ4v) is 2.16. The summed E-state index contributed by atoms with van der Waals surface area (Å²) < 4.78 is 1.06. The molecule has 0 radical (unpaired) electrons. The number of fused-ring (bicyclic) bond motifs is 1. The second-order valence-electron chi connectivity index (χ2n) is 3.75. The van der Waals surface area contributed by atoms with Crippen molar-refractivity contribution in [3.63, 3.8) is 0 Å². The molecule has 0 unspecified atom stereocenters. The van der Waals surface area contributed by atoms with Crippen LogP contribution in [0.3, 0.4) is 0 Å². The minimum Gasteiger partial charge on any atom is -0.255 e. The van der Waals surface area contributed by atoms with Crippen molar-refractivity contribution >= 4 is 27.0 Å². The normalized spacial score (nSPS) is 10.6. The molecule has 0 atom stereocenters. The van der Waals surface area contributed by atoms with E-state index in [0.717, 1.165) is 26.8 Å². The Morgan fingerprint density at radius 2 is 1.82 bits per heavy atom. The van der Waals surface area contributed by atoms with Crippen LogP contribution in [0, 0.1) is 0 Å². The molecule has 0 amide bonds. The molecule has 0 N–H and O–H groups in total. The van der Waals surface area contributed by atoms with Crippen molar-refractivity contribution in [1.29, 1.82) is 0 Å². The zero-order valence-corrected chi connectivity index (χ0v) is 10.6. The van der Waals surface area contributed by atoms with Gasteiger partial charge in [-0.05, 0) is 36.4 Å². The number of halogens is 1. The third kappa shape index (κ3) is 2.06. The van der Waals surface area contributed by atoms with Gasteiger partial charge in [-0.25, -0.2) is 4.98 Å². The topological polar surface area (TPSA) is 25.8 Å². The molecule has 3 rings (SSSR count). The van der Waals surface area contributed by atoms with Crippen molar-refractivity contribution in [3.05, 3.63) is 59.2 Å². The minimum absolute atomic E-state index is 0.921. The van der Waals surface area contributed by atoms with E-state index in [0.29, 0.717) is 0 Å². The first kappa shape index (κ1) is 10.4. The average molecular weight is 285 g/mol. The van der Waals surface area contributed by atoms with Crippen LogP contribution in [0.4, 0.5) is 0 Å². The smallest absolute Gasteiger partial charge is 0.0894 e. The molecule has 2 heterocycles. The van der Waals surface area contributed by atoms with Crippen molar-refractivity contribution in [2.75, 3.05) is 0 Å². The molecule has 0 bridgehead atoms. The number of rotatable bonds is 1. The summed E-state index contributed by atoms with van der Waals surface area (Å²) >= 11 is 3.47. The molecule has 0 saturated carbocycles. The summed E-state index contributed by atoms with van der Waals surface area (Å²) in [6.07, 6.45) is 1.78. The van der Waals surface area contributed by atoms with Gasteiger partial charge in [-0.1, -0.05) is 28.1 Å². The van der Waals surface area contributed by atoms with Gasteiger partial charge in [0.25, 0.3) is 0 Å². The number of hydrogen-bond acceptors (Lipinski definition) is 2. The van der Waals surface area contributed by atoms with Crippen LogP contribution in [0.5, 0.6) is 0 Å². The summed E-state index contributed by atoms with van der Waals surface area (Å²) in [5.41, 5.74) is 3.91. The summed E-state index contributed by atoms with van der Waals surface area (Å²) in [5.74, 6) is 0. The van der Waals surface area contributed by atoms with Crippen LogP contribution >= 0.6 is 15.9 Å². The van der Waals surface area contributed by atoms with Gasteiger partial charge in [0.05, 0.1) is 16.7 Å². The third-order valence-corrected chi connectivity index (χ3v) is 3.07. The second kappa shape index (κ2) is 4.26. The quantitative estimate of drug-likeness (QED) is 0.673. The summed E-state index contributed by atoms with van der Waals surface area (Å²) in [7, 11) is 0. The van der Waals surface area contributed by atoms with E-state index in [4.69, 9.17) is 0 Å². The van der Waals surface area contributed by atoms with Gasteiger partial charge in [-0.15, -0.1) is 0 Å². The lowest BCUT2D eigenvalue weighted by atomic mass is 10.1. The van der Waals surface area contributed by atoms with E-state index in [1.807, 2.05) is 36.4 Å². The van der Waals surface area contributed by atoms with Crippen LogP contribution in [0.15, 0.2) is 59.2 Å². The molecule has 2 nitrogen and oxygen atoms in total. The van der Waals surface area contributed by atoms with Crippen molar-refractivity contribution in [2.24, 2.45) is 0 Å². The largest absolute Gasteiger partial charge is 0.255 e. The van der Waals surface area contributed by atoms with E-state index < -0.39 is 0 Å². The van der Waals surface area contributed by atoms with Crippen molar-refractivity contribution in [3.8, 4) is 11.3 Å². The van der Waals surface area contributed by atoms with E-state index in [1.54, 1.807) is 6.20 Å². The Labute approximate surface area is 107 Å². The average Bonchev–Trinajstić information content (AvgIpc) is 2.38. The summed E-state index contributed by atoms with van der Waals surface area (Å²) in [6, 6.07) is 16.0. The zero-order chi connectivity index (χ0) is 11.7. The Kier molecular flexibility index (Phi) is 2.61. The highest BCUT2D eigenvalue weighted by atomic mass is 79.9. The van der Waals surface area contributed by atoms with Gasteiger partial charge < -0.3 is 0 Å². The Balaban J connectivity index is 2.18. The lowest BCUT2D eigenvalue weighted by Gasteiger charge is -2.03. The molecule has 17 heavy (non-hydrogen) atoms. The summed E-state index contributed by atoms with van der Waals surface area (Å²) in [4.78, 5) is 8.87. The summed E-state index contributed by atoms with van der Waals surface area (Å²) in [5, 5.41) is 0. The zero-order valence-electron chi connectivity index (χ0n) is 8.97. The summed E-state index contributed by atoms with van der Waals surface area (Å²) in [6.45, 7) is 0. The highest BCUT2D eigenvalue weighted by Crippen LogP contribution is 2.22. The maximum Gasteiger partial charge on any atom is 0.0894 e. The molecule has 0 spiro atoms. The molecular formula is C14H9BrN2. The molecule has 0 aliphatic heterocycles. The monoisotopic (exact) mass is 284 g/mol. The van der Waals surface area contributed by atoms with Gasteiger partial charge >= 0.3 is 0 Å². The maximum atomic E-state index is 4.60. The molecule has 0 saturated heterocycles. The van der Waals surface area contributed by atoms with Gasteiger partial charge in [-0.3, -0.25) is 4.98 Å². The first-order chi connectivity index (χ1) is 8.33. The van der Waals surface area contributed by atoms with Crippen LogP contribution in [0.1, 0.15) is 0 Å². The molecular weight excluding hydrogens is 276 g/mol. The highest BCUT2D eigenvalue weighted by molar-refractivity contribution is 9.10. The highest BCUT2D eigenvalue weighted by Gasteiger charge is 2.01. The van der Waals surface area contributed by atoms with Crippen LogP contribution in [-0.2, 0) is 0 Å². The molecule has 1 aromatic carbocycles. The van der Waals surface area contributed by atoms with Crippen LogP contribution in [-0.4, -0.2) is 9.97 Å². The number of nitrogens with zero attached hydrogens (tertiary/aromatic N) is 2. The van der Waals surface area contributed by atoms with Gasteiger partial charge in [-0.2, -0.15) is 0 Å². The Bertz CT molecular complexity index is 680. The number of hydrogen-bond donors (Lipinski definition) is 0. The van der Waals surface area contributed by atoms with Crippen LogP contribution in [0.25, 0.3) is 22.3 Å². The number of benzene rings is 1. The lowest BCUT2D eigenvalue weighted by Crippen LogP contribution is -1.86. The van der Waals surface area contributed by atoms with Gasteiger partial charge in [0, 0.05) is 16.2 Å². The minimum atomic E-state index is 0.921. The van der Waals surface area contributed by atoms with Crippen LogP contribution < -0.4 is 0 Å². The molecule has 3 heteroatoms. The molecule has 3 aromatic rings. The number of aromatic nitrogens is 2. The van der Waals surface area contributed by atoms with Gasteiger partial charge in [0.15, 0.2) is 0 Å². The third-order valence-electron chi connectivity index (χ3n) is 2.58. The van der Waals surface area contributed by atoms with E-state index in [1.165, 1.54) is 0 Å². The lowest BCUT2D eigenvalue weighted by molar-refractivity contribution is 1.33. The molecule has 0 aliphatic carbocycles. The fourth-order valence-electron chi connectivity index (χ4n) is 1.77. The van der Waals surface area contributed by atoms with Crippen molar-refractivity contribution < 1.29 is 0 Å².